The minimum atomic E-state index is -1.11. The Hall–Kier alpha value is -0.793. The van der Waals surface area contributed by atoms with Gasteiger partial charge in [0.1, 0.15) is 6.61 Å². The van der Waals surface area contributed by atoms with Gasteiger partial charge in [0.2, 0.25) is 0 Å². The highest BCUT2D eigenvalue weighted by atomic mass is 28.3. The lowest BCUT2D eigenvalue weighted by Gasteiger charge is -2.21. The van der Waals surface area contributed by atoms with Crippen LogP contribution in [0.4, 0.5) is 0 Å². The molecule has 0 saturated heterocycles. The Bertz CT molecular complexity index is 305. The summed E-state index contributed by atoms with van der Waals surface area (Å²) in [6, 6.07) is 0.955. The van der Waals surface area contributed by atoms with Crippen LogP contribution in [0.1, 0.15) is 20.8 Å². The van der Waals surface area contributed by atoms with Gasteiger partial charge in [-0.25, -0.2) is 4.79 Å². The molecule has 0 atom stereocenters. The quantitative estimate of drug-likeness (QED) is 0.431. The van der Waals surface area contributed by atoms with Crippen molar-refractivity contribution in [2.75, 3.05) is 13.2 Å². The predicted molar refractivity (Wildman–Crippen MR) is 72.6 cm³/mol. The molecule has 0 aromatic heterocycles. The second-order valence-electron chi connectivity index (χ2n) is 5.61. The summed E-state index contributed by atoms with van der Waals surface area (Å²) in [5.74, 6) is 5.71. The van der Waals surface area contributed by atoms with Gasteiger partial charge in [0.15, 0.2) is 5.60 Å². The van der Waals surface area contributed by atoms with Crippen molar-refractivity contribution in [1.82, 2.24) is 0 Å². The molecule has 0 heterocycles. The molecule has 17 heavy (non-hydrogen) atoms. The number of ether oxygens (including phenoxy) is 2. The zero-order valence-electron chi connectivity index (χ0n) is 11.8. The maximum absolute atomic E-state index is 11.5. The van der Waals surface area contributed by atoms with E-state index in [4.69, 9.17) is 9.47 Å². The van der Waals surface area contributed by atoms with E-state index >= 15 is 0 Å². The van der Waals surface area contributed by atoms with Crippen LogP contribution in [0.25, 0.3) is 0 Å². The molecule has 0 aliphatic rings. The average Bonchev–Trinajstić information content (AvgIpc) is 2.15. The fraction of sp³-hybridized carbons (Fsp3) is 0.769. The van der Waals surface area contributed by atoms with Crippen LogP contribution in [-0.2, 0) is 14.3 Å². The molecule has 3 nitrogen and oxygen atoms in total. The van der Waals surface area contributed by atoms with Crippen LogP contribution in [0.15, 0.2) is 0 Å². The van der Waals surface area contributed by atoms with Crippen molar-refractivity contribution >= 4 is 14.0 Å². The molecule has 0 aliphatic heterocycles. The molecular formula is C13H24O3Si. The van der Waals surface area contributed by atoms with Crippen molar-refractivity contribution in [1.29, 1.82) is 0 Å². The molecule has 0 aromatic rings. The molecule has 0 rings (SSSR count). The van der Waals surface area contributed by atoms with Gasteiger partial charge in [0, 0.05) is 6.04 Å². The Balaban J connectivity index is 4.07. The van der Waals surface area contributed by atoms with Gasteiger partial charge in [-0.05, 0) is 20.8 Å². The van der Waals surface area contributed by atoms with Crippen LogP contribution in [-0.4, -0.2) is 32.9 Å². The topological polar surface area (TPSA) is 35.5 Å². The molecule has 0 aliphatic carbocycles. The third-order valence-electron chi connectivity index (χ3n) is 2.02. The van der Waals surface area contributed by atoms with Crippen LogP contribution in [0.5, 0.6) is 0 Å². The van der Waals surface area contributed by atoms with Crippen molar-refractivity contribution in [3.05, 3.63) is 0 Å². The van der Waals surface area contributed by atoms with E-state index in [9.17, 15) is 4.79 Å². The molecular weight excluding hydrogens is 232 g/mol. The predicted octanol–water partition coefficient (Wildman–Crippen LogP) is 2.69. The summed E-state index contributed by atoms with van der Waals surface area (Å²) in [7, 11) is -1.11. The van der Waals surface area contributed by atoms with Crippen LogP contribution < -0.4 is 0 Å². The van der Waals surface area contributed by atoms with Gasteiger partial charge < -0.3 is 9.47 Å². The van der Waals surface area contributed by atoms with Gasteiger partial charge in [0.05, 0.1) is 14.7 Å². The van der Waals surface area contributed by atoms with E-state index in [0.717, 1.165) is 6.04 Å². The summed E-state index contributed by atoms with van der Waals surface area (Å²) in [6.07, 6.45) is 0. The minimum Gasteiger partial charge on any atom is -0.464 e. The van der Waals surface area contributed by atoms with Crippen LogP contribution in [0, 0.1) is 11.8 Å². The Morgan fingerprint density at radius 2 is 1.82 bits per heavy atom. The summed E-state index contributed by atoms with van der Waals surface area (Å²) in [4.78, 5) is 11.5. The first-order chi connectivity index (χ1) is 7.69. The second kappa shape index (κ2) is 6.82. The Labute approximate surface area is 106 Å². The molecule has 0 spiro atoms. The van der Waals surface area contributed by atoms with Crippen molar-refractivity contribution in [3.8, 4) is 11.8 Å². The summed E-state index contributed by atoms with van der Waals surface area (Å²) >= 11 is 0. The molecule has 98 valence electrons. The summed E-state index contributed by atoms with van der Waals surface area (Å²) in [5.41, 5.74) is -0.913. The first-order valence-corrected chi connectivity index (χ1v) is 9.66. The van der Waals surface area contributed by atoms with Gasteiger partial charge in [0.25, 0.3) is 0 Å². The first kappa shape index (κ1) is 16.2. The Kier molecular flexibility index (Phi) is 6.51. The molecule has 0 fully saturated rings. The summed E-state index contributed by atoms with van der Waals surface area (Å²) in [5, 5.41) is 0. The molecule has 0 amide bonds. The van der Waals surface area contributed by atoms with Gasteiger partial charge in [-0.3, -0.25) is 0 Å². The smallest absolute Gasteiger partial charge is 0.337 e. The number of esters is 1. The Morgan fingerprint density at radius 3 is 2.29 bits per heavy atom. The van der Waals surface area contributed by atoms with Crippen molar-refractivity contribution < 1.29 is 14.3 Å². The monoisotopic (exact) mass is 256 g/mol. The molecule has 0 unspecified atom stereocenters. The second-order valence-corrected chi connectivity index (χ2v) is 11.1. The van der Waals surface area contributed by atoms with Crippen molar-refractivity contribution in [2.45, 2.75) is 52.1 Å². The van der Waals surface area contributed by atoms with E-state index in [1.54, 1.807) is 20.8 Å². The lowest BCUT2D eigenvalue weighted by Crippen LogP contribution is -2.36. The number of carbonyl (C=O) groups excluding carboxylic acids is 1. The van der Waals surface area contributed by atoms with E-state index in [1.165, 1.54) is 0 Å². The standard InChI is InChI=1S/C13H24O3Si/c1-7-15-12(14)13(2,3)16-10-8-9-11-17(4,5)6/h7,10-11H2,1-6H3. The highest BCUT2D eigenvalue weighted by Crippen LogP contribution is 2.11. The van der Waals surface area contributed by atoms with E-state index in [-0.39, 0.29) is 12.6 Å². The Morgan fingerprint density at radius 1 is 1.24 bits per heavy atom. The molecule has 4 heteroatoms. The number of hydrogen-bond acceptors (Lipinski definition) is 3. The summed E-state index contributed by atoms with van der Waals surface area (Å²) in [6.45, 7) is 12.6. The zero-order valence-corrected chi connectivity index (χ0v) is 12.8. The van der Waals surface area contributed by atoms with Crippen molar-refractivity contribution in [2.24, 2.45) is 0 Å². The highest BCUT2D eigenvalue weighted by Gasteiger charge is 2.29. The molecule has 0 bridgehead atoms. The minimum absolute atomic E-state index is 0.274. The number of rotatable bonds is 5. The highest BCUT2D eigenvalue weighted by molar-refractivity contribution is 6.76. The van der Waals surface area contributed by atoms with Crippen LogP contribution in [0.3, 0.4) is 0 Å². The lowest BCUT2D eigenvalue weighted by molar-refractivity contribution is -0.166. The third-order valence-corrected chi connectivity index (χ3v) is 3.25. The summed E-state index contributed by atoms with van der Waals surface area (Å²) < 4.78 is 10.3. The normalized spacial score (nSPS) is 11.6. The molecule has 0 radical (unpaired) electrons. The molecule has 0 N–H and O–H groups in total. The van der Waals surface area contributed by atoms with E-state index in [2.05, 4.69) is 31.5 Å². The third kappa shape index (κ3) is 8.00. The van der Waals surface area contributed by atoms with Gasteiger partial charge in [-0.2, -0.15) is 0 Å². The van der Waals surface area contributed by atoms with E-state index in [1.807, 2.05) is 0 Å². The van der Waals surface area contributed by atoms with Gasteiger partial charge in [-0.1, -0.05) is 25.6 Å². The van der Waals surface area contributed by atoms with E-state index < -0.39 is 13.7 Å². The first-order valence-electron chi connectivity index (χ1n) is 5.96. The SMILES string of the molecule is CCOC(=O)C(C)(C)OCC#CC[Si](C)(C)C. The average molecular weight is 256 g/mol. The molecule has 0 aromatic carbocycles. The zero-order chi connectivity index (χ0) is 13.5. The number of hydrogen-bond donors (Lipinski definition) is 0. The molecule has 0 saturated carbocycles. The van der Waals surface area contributed by atoms with Crippen molar-refractivity contribution in [3.63, 3.8) is 0 Å². The maximum Gasteiger partial charge on any atom is 0.337 e. The van der Waals surface area contributed by atoms with Gasteiger partial charge >= 0.3 is 5.97 Å². The number of carbonyl (C=O) groups is 1. The lowest BCUT2D eigenvalue weighted by atomic mass is 10.1. The van der Waals surface area contributed by atoms with Crippen LogP contribution >= 0.6 is 0 Å². The largest absolute Gasteiger partial charge is 0.464 e. The maximum atomic E-state index is 11.5. The van der Waals surface area contributed by atoms with Gasteiger partial charge in [-0.15, -0.1) is 5.92 Å². The fourth-order valence-corrected chi connectivity index (χ4v) is 1.61. The van der Waals surface area contributed by atoms with Crippen LogP contribution in [0.2, 0.25) is 25.7 Å². The van der Waals surface area contributed by atoms with E-state index in [0.29, 0.717) is 6.61 Å². The fourth-order valence-electron chi connectivity index (χ4n) is 0.959.